The topological polar surface area (TPSA) is 212 Å². The van der Waals surface area contributed by atoms with E-state index in [1.807, 2.05) is 0 Å². The lowest BCUT2D eigenvalue weighted by atomic mass is 9.93. The number of halogens is 10. The Labute approximate surface area is 400 Å². The van der Waals surface area contributed by atoms with Gasteiger partial charge in [0.2, 0.25) is 0 Å². The van der Waals surface area contributed by atoms with Gasteiger partial charge in [-0.3, -0.25) is 19.2 Å². The van der Waals surface area contributed by atoms with Gasteiger partial charge in [-0.05, 0) is 67.8 Å². The fraction of sp³-hybridized carbons (Fsp3) is 0.220. The first kappa shape index (κ1) is 49.6. The molecule has 0 radical (unpaired) electrons. The van der Waals surface area contributed by atoms with Crippen molar-refractivity contribution in [3.63, 3.8) is 0 Å². The van der Waals surface area contributed by atoms with Crippen LogP contribution >= 0.6 is 46.4 Å². The largest absolute Gasteiger partial charge is 0.435 e. The highest BCUT2D eigenvalue weighted by Gasteiger charge is 2.39. The van der Waals surface area contributed by atoms with Crippen LogP contribution in [0.25, 0.3) is 11.6 Å². The standard InChI is InChI=1S/C21H16Cl2F3N5O2.C20H14Cl2F3N5O4S/c22-13-7-2-6-12(19(32)28-11-4-1-5-11)17(13)29-20(33)15-10-16(21(24,25)26)30-31(15)18-14(23)8-3-9-27-18;21-12-4-1-3-11(18(31)27-10-8-35(33,34)9-10)16(12)28-19(32)14-7-15(20(23,24)25)29-30(14)17-13(22)5-2-6-26-17/h2-3,6-11H,1,4-5H2,(H,28,32)(H,29,33);1-7,10H,8-9H2,(H,27,31)(H,28,32). The molecular weight excluding hydrogens is 1020 g/mol. The van der Waals surface area contributed by atoms with E-state index < -0.39 is 74.6 Å². The Balaban J connectivity index is 0.000000202. The molecule has 8 rings (SSSR count). The quantitative estimate of drug-likeness (QED) is 0.0961. The van der Waals surface area contributed by atoms with E-state index in [2.05, 4.69) is 41.4 Å². The number of pyridine rings is 2. The molecule has 27 heteroatoms. The second-order valence-corrected chi connectivity index (χ2v) is 18.6. The molecule has 2 aliphatic rings. The second-order valence-electron chi connectivity index (χ2n) is 14.8. The maximum absolute atomic E-state index is 13.4. The lowest BCUT2D eigenvalue weighted by molar-refractivity contribution is -0.142. The fourth-order valence-electron chi connectivity index (χ4n) is 6.51. The lowest BCUT2D eigenvalue weighted by Crippen LogP contribution is -2.53. The van der Waals surface area contributed by atoms with Crippen LogP contribution in [0.15, 0.2) is 85.2 Å². The van der Waals surface area contributed by atoms with Crippen molar-refractivity contribution >= 4 is 91.2 Å². The molecule has 4 N–H and O–H groups in total. The van der Waals surface area contributed by atoms with Gasteiger partial charge < -0.3 is 21.3 Å². The monoisotopic (exact) mass is 1040 g/mol. The molecule has 1 aliphatic carbocycles. The number of nitrogens with zero attached hydrogens (tertiary/aromatic N) is 6. The molecule has 6 aromatic rings. The van der Waals surface area contributed by atoms with Crippen molar-refractivity contribution in [2.24, 2.45) is 0 Å². The van der Waals surface area contributed by atoms with Crippen molar-refractivity contribution < 1.29 is 53.9 Å². The Morgan fingerprint density at radius 1 is 0.574 bits per heavy atom. The van der Waals surface area contributed by atoms with Gasteiger partial charge in [-0.2, -0.15) is 36.5 Å². The van der Waals surface area contributed by atoms with Gasteiger partial charge in [-0.15, -0.1) is 0 Å². The number of sulfone groups is 1. The Morgan fingerprint density at radius 2 is 0.971 bits per heavy atom. The number of carbonyl (C=O) groups is 4. The number of hydrogen-bond acceptors (Lipinski definition) is 10. The van der Waals surface area contributed by atoms with Gasteiger partial charge in [0.1, 0.15) is 11.4 Å². The molecule has 1 aliphatic heterocycles. The van der Waals surface area contributed by atoms with Gasteiger partial charge >= 0.3 is 12.4 Å². The number of rotatable bonds is 10. The zero-order valence-electron chi connectivity index (χ0n) is 34.1. The summed E-state index contributed by atoms with van der Waals surface area (Å²) in [4.78, 5) is 59.4. The van der Waals surface area contributed by atoms with Crippen molar-refractivity contribution in [1.82, 2.24) is 40.2 Å². The summed E-state index contributed by atoms with van der Waals surface area (Å²) in [5, 5.41) is 17.0. The van der Waals surface area contributed by atoms with Crippen LogP contribution < -0.4 is 21.3 Å². The molecule has 2 aromatic carbocycles. The molecule has 68 heavy (non-hydrogen) atoms. The number of para-hydroxylation sites is 2. The van der Waals surface area contributed by atoms with Crippen LogP contribution in [0.5, 0.6) is 0 Å². The van der Waals surface area contributed by atoms with Crippen LogP contribution in [0.3, 0.4) is 0 Å². The van der Waals surface area contributed by atoms with E-state index in [1.165, 1.54) is 73.1 Å². The number of benzene rings is 2. The Bertz CT molecular complexity index is 3060. The molecule has 4 amide bonds. The minimum Gasteiger partial charge on any atom is -0.349 e. The first-order chi connectivity index (χ1) is 32.0. The van der Waals surface area contributed by atoms with Gasteiger partial charge in [-0.25, -0.2) is 27.7 Å². The summed E-state index contributed by atoms with van der Waals surface area (Å²) in [6.45, 7) is 0. The number of amides is 4. The summed E-state index contributed by atoms with van der Waals surface area (Å²) >= 11 is 24.5. The molecule has 0 atom stereocenters. The third kappa shape index (κ3) is 11.2. The molecular formula is C41H30Cl4F6N10O6S. The third-order valence-corrected chi connectivity index (χ3v) is 13.1. The normalized spacial score (nSPS) is 14.7. The maximum Gasteiger partial charge on any atom is 0.435 e. The Morgan fingerprint density at radius 3 is 1.32 bits per heavy atom. The summed E-state index contributed by atoms with van der Waals surface area (Å²) in [6, 6.07) is 14.7. The van der Waals surface area contributed by atoms with Crippen molar-refractivity contribution in [2.45, 2.75) is 43.7 Å². The van der Waals surface area contributed by atoms with Crippen LogP contribution in [0, 0.1) is 0 Å². The zero-order valence-corrected chi connectivity index (χ0v) is 37.9. The number of alkyl halides is 6. The van der Waals surface area contributed by atoms with E-state index in [0.29, 0.717) is 21.5 Å². The van der Waals surface area contributed by atoms with E-state index in [4.69, 9.17) is 46.4 Å². The van der Waals surface area contributed by atoms with Gasteiger partial charge in [0.25, 0.3) is 23.6 Å². The van der Waals surface area contributed by atoms with Crippen LogP contribution in [-0.4, -0.2) is 85.2 Å². The van der Waals surface area contributed by atoms with Gasteiger partial charge in [0.05, 0.1) is 60.1 Å². The minimum atomic E-state index is -4.87. The fourth-order valence-corrected chi connectivity index (χ4v) is 8.66. The molecule has 1 saturated heterocycles. The number of nitrogens with one attached hydrogen (secondary N) is 4. The highest BCUT2D eigenvalue weighted by molar-refractivity contribution is 7.92. The molecule has 2 fully saturated rings. The molecule has 356 valence electrons. The smallest absolute Gasteiger partial charge is 0.349 e. The molecule has 16 nitrogen and oxygen atoms in total. The molecule has 5 heterocycles. The highest BCUT2D eigenvalue weighted by atomic mass is 35.5. The first-order valence-corrected chi connectivity index (χ1v) is 22.9. The summed E-state index contributed by atoms with van der Waals surface area (Å²) in [5.74, 6) is -4.08. The van der Waals surface area contributed by atoms with Crippen molar-refractivity contribution in [3.05, 3.63) is 139 Å². The summed E-state index contributed by atoms with van der Waals surface area (Å²) in [5.41, 5.74) is -4.00. The third-order valence-electron chi connectivity index (χ3n) is 10.0. The Hall–Kier alpha value is -6.27. The maximum atomic E-state index is 13.4. The average Bonchev–Trinajstić information content (AvgIpc) is 3.91. The SMILES string of the molecule is O=C(NC1CCC1)c1cccc(Cl)c1NC(=O)c1cc(C(F)(F)F)nn1-c1ncccc1Cl.O=C(NC1CS(=O)(=O)C1)c1cccc(Cl)c1NC(=O)c1cc(C(F)(F)F)nn1-c1ncccc1Cl. The summed E-state index contributed by atoms with van der Waals surface area (Å²) in [7, 11) is -3.21. The summed E-state index contributed by atoms with van der Waals surface area (Å²) in [6.07, 6.45) is -4.44. The highest BCUT2D eigenvalue weighted by Crippen LogP contribution is 2.34. The van der Waals surface area contributed by atoms with Crippen LogP contribution in [0.4, 0.5) is 37.7 Å². The minimum absolute atomic E-state index is 0.0123. The van der Waals surface area contributed by atoms with E-state index in [-0.39, 0.29) is 71.8 Å². The van der Waals surface area contributed by atoms with Gasteiger partial charge in [-0.1, -0.05) is 58.5 Å². The lowest BCUT2D eigenvalue weighted by Gasteiger charge is -2.27. The predicted molar refractivity (Wildman–Crippen MR) is 237 cm³/mol. The average molecular weight is 1050 g/mol. The Kier molecular flexibility index (Phi) is 14.4. The molecule has 1 saturated carbocycles. The molecule has 4 aromatic heterocycles. The van der Waals surface area contributed by atoms with Gasteiger partial charge in [0, 0.05) is 30.6 Å². The van der Waals surface area contributed by atoms with Crippen molar-refractivity contribution in [1.29, 1.82) is 0 Å². The van der Waals surface area contributed by atoms with E-state index in [1.54, 1.807) is 0 Å². The summed E-state index contributed by atoms with van der Waals surface area (Å²) < 4.78 is 104. The zero-order chi connectivity index (χ0) is 49.3. The number of anilines is 2. The van der Waals surface area contributed by atoms with Gasteiger partial charge in [0.15, 0.2) is 32.9 Å². The van der Waals surface area contributed by atoms with Crippen LogP contribution in [0.2, 0.25) is 20.1 Å². The molecule has 0 bridgehead atoms. The molecule has 0 unspecified atom stereocenters. The molecule has 0 spiro atoms. The number of carbonyl (C=O) groups excluding carboxylic acids is 4. The number of hydrogen-bond donors (Lipinski definition) is 4. The number of aromatic nitrogens is 6. The van der Waals surface area contributed by atoms with Crippen molar-refractivity contribution in [3.8, 4) is 11.6 Å². The van der Waals surface area contributed by atoms with E-state index in [0.717, 1.165) is 19.3 Å². The predicted octanol–water partition coefficient (Wildman–Crippen LogP) is 8.50. The second kappa shape index (κ2) is 19.8. The van der Waals surface area contributed by atoms with E-state index >= 15 is 0 Å². The van der Waals surface area contributed by atoms with Crippen LogP contribution in [0.1, 0.15) is 72.3 Å². The van der Waals surface area contributed by atoms with Crippen molar-refractivity contribution in [2.75, 3.05) is 22.1 Å². The first-order valence-electron chi connectivity index (χ1n) is 19.6. The van der Waals surface area contributed by atoms with E-state index in [9.17, 15) is 53.9 Å². The van der Waals surface area contributed by atoms with Crippen LogP contribution in [-0.2, 0) is 22.2 Å².